The Kier molecular flexibility index (Phi) is 4.84. The van der Waals surface area contributed by atoms with Gasteiger partial charge in [0, 0.05) is 43.2 Å². The van der Waals surface area contributed by atoms with Crippen LogP contribution in [0.25, 0.3) is 5.82 Å². The van der Waals surface area contributed by atoms with Crippen molar-refractivity contribution in [2.45, 2.75) is 13.5 Å². The van der Waals surface area contributed by atoms with Crippen LogP contribution in [0, 0.1) is 5.92 Å². The normalized spacial score (nSPS) is 12.1. The standard InChI is InChI=1S/C14H19N5O/c1-11(8-15-2)14(20)18-9-12-4-3-5-17-13(12)19-7-6-16-10-19/h3-7,10-11,15H,8-9H2,1-2H3,(H,18,20). The van der Waals surface area contributed by atoms with Gasteiger partial charge in [-0.1, -0.05) is 13.0 Å². The first kappa shape index (κ1) is 14.2. The van der Waals surface area contributed by atoms with Gasteiger partial charge in [0.1, 0.15) is 12.1 Å². The molecule has 0 fully saturated rings. The summed E-state index contributed by atoms with van der Waals surface area (Å²) in [5.41, 5.74) is 0.954. The fourth-order valence-electron chi connectivity index (χ4n) is 1.94. The zero-order valence-electron chi connectivity index (χ0n) is 11.7. The number of nitrogens with one attached hydrogen (secondary N) is 2. The van der Waals surface area contributed by atoms with Crippen LogP contribution in [0.15, 0.2) is 37.1 Å². The first-order valence-corrected chi connectivity index (χ1v) is 6.57. The summed E-state index contributed by atoms with van der Waals surface area (Å²) in [7, 11) is 1.84. The molecule has 0 aliphatic rings. The smallest absolute Gasteiger partial charge is 0.224 e. The number of carbonyl (C=O) groups is 1. The Morgan fingerprint density at radius 1 is 1.45 bits per heavy atom. The lowest BCUT2D eigenvalue weighted by Gasteiger charge is -2.13. The lowest BCUT2D eigenvalue weighted by atomic mass is 10.1. The van der Waals surface area contributed by atoms with Crippen LogP contribution >= 0.6 is 0 Å². The largest absolute Gasteiger partial charge is 0.352 e. The molecule has 2 aromatic rings. The number of pyridine rings is 1. The second kappa shape index (κ2) is 6.81. The zero-order chi connectivity index (χ0) is 14.4. The second-order valence-electron chi connectivity index (χ2n) is 4.63. The van der Waals surface area contributed by atoms with Crippen molar-refractivity contribution < 1.29 is 4.79 Å². The van der Waals surface area contributed by atoms with Crippen LogP contribution in [0.4, 0.5) is 0 Å². The first-order chi connectivity index (χ1) is 9.72. The lowest BCUT2D eigenvalue weighted by molar-refractivity contribution is -0.124. The molecule has 1 atom stereocenters. The van der Waals surface area contributed by atoms with Gasteiger partial charge in [0.25, 0.3) is 0 Å². The molecule has 0 saturated carbocycles. The molecule has 6 nitrogen and oxygen atoms in total. The third kappa shape index (κ3) is 3.42. The highest BCUT2D eigenvalue weighted by Gasteiger charge is 2.12. The van der Waals surface area contributed by atoms with Gasteiger partial charge in [-0.05, 0) is 13.1 Å². The van der Waals surface area contributed by atoms with Gasteiger partial charge in [0.15, 0.2) is 0 Å². The number of amides is 1. The molecule has 0 spiro atoms. The topological polar surface area (TPSA) is 71.8 Å². The van der Waals surface area contributed by atoms with Crippen molar-refractivity contribution in [3.63, 3.8) is 0 Å². The Balaban J connectivity index is 2.05. The molecule has 0 bridgehead atoms. The molecule has 2 rings (SSSR count). The summed E-state index contributed by atoms with van der Waals surface area (Å²) >= 11 is 0. The third-order valence-corrected chi connectivity index (χ3v) is 3.03. The van der Waals surface area contributed by atoms with Gasteiger partial charge in [-0.15, -0.1) is 0 Å². The Morgan fingerprint density at radius 2 is 2.30 bits per heavy atom. The molecular weight excluding hydrogens is 254 g/mol. The molecule has 106 valence electrons. The van der Waals surface area contributed by atoms with Gasteiger partial charge < -0.3 is 10.6 Å². The minimum Gasteiger partial charge on any atom is -0.352 e. The summed E-state index contributed by atoms with van der Waals surface area (Å²) in [5.74, 6) is 0.750. The average molecular weight is 273 g/mol. The molecule has 6 heteroatoms. The predicted molar refractivity (Wildman–Crippen MR) is 76.3 cm³/mol. The average Bonchev–Trinajstić information content (AvgIpc) is 2.99. The first-order valence-electron chi connectivity index (χ1n) is 6.57. The second-order valence-corrected chi connectivity index (χ2v) is 4.63. The summed E-state index contributed by atoms with van der Waals surface area (Å²) in [6.45, 7) is 3.01. The van der Waals surface area contributed by atoms with Crippen LogP contribution in [0.5, 0.6) is 0 Å². The van der Waals surface area contributed by atoms with Gasteiger partial charge in [-0.3, -0.25) is 9.36 Å². The van der Waals surface area contributed by atoms with Gasteiger partial charge >= 0.3 is 0 Å². The van der Waals surface area contributed by atoms with Crippen LogP contribution < -0.4 is 10.6 Å². The molecule has 0 saturated heterocycles. The quantitative estimate of drug-likeness (QED) is 0.814. The van der Waals surface area contributed by atoms with E-state index in [9.17, 15) is 4.79 Å². The Morgan fingerprint density at radius 3 is 3.00 bits per heavy atom. The molecule has 0 aliphatic heterocycles. The number of rotatable bonds is 6. The van der Waals surface area contributed by atoms with Crippen molar-refractivity contribution in [1.29, 1.82) is 0 Å². The number of hydrogen-bond donors (Lipinski definition) is 2. The van der Waals surface area contributed by atoms with Crippen molar-refractivity contribution in [2.75, 3.05) is 13.6 Å². The maximum Gasteiger partial charge on any atom is 0.224 e. The molecule has 1 amide bonds. The minimum absolute atomic E-state index is 0.0276. The number of nitrogens with zero attached hydrogens (tertiary/aromatic N) is 3. The number of hydrogen-bond acceptors (Lipinski definition) is 4. The molecule has 1 unspecified atom stereocenters. The van der Waals surface area contributed by atoms with E-state index in [0.29, 0.717) is 13.1 Å². The van der Waals surface area contributed by atoms with E-state index in [-0.39, 0.29) is 11.8 Å². The van der Waals surface area contributed by atoms with Gasteiger partial charge in [0.05, 0.1) is 0 Å². The number of aromatic nitrogens is 3. The summed E-state index contributed by atoms with van der Waals surface area (Å²) in [4.78, 5) is 20.3. The van der Waals surface area contributed by atoms with E-state index < -0.39 is 0 Å². The lowest BCUT2D eigenvalue weighted by Crippen LogP contribution is -2.34. The summed E-state index contributed by atoms with van der Waals surface area (Å²) in [6, 6.07) is 3.81. The highest BCUT2D eigenvalue weighted by molar-refractivity contribution is 5.78. The van der Waals surface area contributed by atoms with Gasteiger partial charge in [-0.25, -0.2) is 9.97 Å². The van der Waals surface area contributed by atoms with Crippen molar-refractivity contribution >= 4 is 5.91 Å². The molecule has 2 aromatic heterocycles. The van der Waals surface area contributed by atoms with Gasteiger partial charge in [0.2, 0.25) is 5.91 Å². The van der Waals surface area contributed by atoms with Crippen LogP contribution in [-0.2, 0) is 11.3 Å². The fourth-order valence-corrected chi connectivity index (χ4v) is 1.94. The maximum atomic E-state index is 11.9. The third-order valence-electron chi connectivity index (χ3n) is 3.03. The van der Waals surface area contributed by atoms with E-state index in [0.717, 1.165) is 11.4 Å². The van der Waals surface area contributed by atoms with Crippen LogP contribution in [0.1, 0.15) is 12.5 Å². The number of carbonyl (C=O) groups excluding carboxylic acids is 1. The summed E-state index contributed by atoms with van der Waals surface area (Å²) < 4.78 is 1.83. The summed E-state index contributed by atoms with van der Waals surface area (Å²) in [5, 5.41) is 5.93. The SMILES string of the molecule is CNCC(C)C(=O)NCc1cccnc1-n1ccnc1. The molecule has 20 heavy (non-hydrogen) atoms. The fraction of sp³-hybridized carbons (Fsp3) is 0.357. The van der Waals surface area contributed by atoms with Gasteiger partial charge in [-0.2, -0.15) is 0 Å². The molecule has 0 radical (unpaired) electrons. The van der Waals surface area contributed by atoms with E-state index in [1.807, 2.05) is 36.9 Å². The summed E-state index contributed by atoms with van der Waals surface area (Å²) in [6.07, 6.45) is 6.95. The molecular formula is C14H19N5O. The van der Waals surface area contributed by atoms with E-state index in [4.69, 9.17) is 0 Å². The molecule has 0 aromatic carbocycles. The van der Waals surface area contributed by atoms with E-state index >= 15 is 0 Å². The highest BCUT2D eigenvalue weighted by atomic mass is 16.1. The molecule has 2 heterocycles. The van der Waals surface area contributed by atoms with Crippen molar-refractivity contribution in [3.05, 3.63) is 42.6 Å². The Hall–Kier alpha value is -2.21. The van der Waals surface area contributed by atoms with Crippen molar-refractivity contribution in [1.82, 2.24) is 25.2 Å². The highest BCUT2D eigenvalue weighted by Crippen LogP contribution is 2.10. The van der Waals surface area contributed by atoms with Crippen molar-refractivity contribution in [2.24, 2.45) is 5.92 Å². The van der Waals surface area contributed by atoms with E-state index in [1.54, 1.807) is 18.7 Å². The Labute approximate surface area is 118 Å². The monoisotopic (exact) mass is 273 g/mol. The molecule has 0 aliphatic carbocycles. The van der Waals surface area contributed by atoms with Crippen LogP contribution in [0.3, 0.4) is 0 Å². The zero-order valence-corrected chi connectivity index (χ0v) is 11.7. The van der Waals surface area contributed by atoms with E-state index in [2.05, 4.69) is 20.6 Å². The van der Waals surface area contributed by atoms with E-state index in [1.165, 1.54) is 0 Å². The maximum absolute atomic E-state index is 11.9. The van der Waals surface area contributed by atoms with Crippen molar-refractivity contribution in [3.8, 4) is 5.82 Å². The number of imidazole rings is 1. The van der Waals surface area contributed by atoms with Crippen LogP contribution in [-0.4, -0.2) is 34.0 Å². The predicted octanol–water partition coefficient (Wildman–Crippen LogP) is 0.739. The molecule has 2 N–H and O–H groups in total. The van der Waals surface area contributed by atoms with Crippen LogP contribution in [0.2, 0.25) is 0 Å². The Bertz CT molecular complexity index is 552. The minimum atomic E-state index is -0.0617.